The highest BCUT2D eigenvalue weighted by Crippen LogP contribution is 2.34. The van der Waals surface area contributed by atoms with Crippen LogP contribution in [0.25, 0.3) is 10.8 Å². The number of fused-ring (bicyclic) bond motifs is 1. The first-order valence-electron chi connectivity index (χ1n) is 9.14. The van der Waals surface area contributed by atoms with Crippen LogP contribution in [0.2, 0.25) is 0 Å². The number of hydrogen-bond acceptors (Lipinski definition) is 2. The van der Waals surface area contributed by atoms with Crippen LogP contribution in [0.15, 0.2) is 79.0 Å². The number of hydrogen-bond donors (Lipinski definition) is 3. The smallest absolute Gasteiger partial charge is 0.319 e. The van der Waals surface area contributed by atoms with E-state index in [1.54, 1.807) is 0 Å². The molecule has 0 bridgehead atoms. The fourth-order valence-corrected chi connectivity index (χ4v) is 3.63. The van der Waals surface area contributed by atoms with E-state index in [0.29, 0.717) is 11.4 Å². The molecule has 1 saturated heterocycles. The molecule has 1 aliphatic heterocycles. The molecule has 5 heteroatoms. The molecule has 0 aromatic heterocycles. The van der Waals surface area contributed by atoms with E-state index in [1.165, 1.54) is 0 Å². The summed E-state index contributed by atoms with van der Waals surface area (Å²) in [6.45, 7) is 5.94. The van der Waals surface area contributed by atoms with Gasteiger partial charge in [-0.25, -0.2) is 4.79 Å². The maximum absolute atomic E-state index is 13.1. The van der Waals surface area contributed by atoms with E-state index in [0.717, 1.165) is 21.9 Å². The summed E-state index contributed by atoms with van der Waals surface area (Å²) in [5, 5.41) is 10.5. The average Bonchev–Trinajstić information content (AvgIpc) is 2.68. The van der Waals surface area contributed by atoms with Crippen molar-refractivity contribution in [2.75, 3.05) is 5.32 Å². The molecule has 0 aliphatic carbocycles. The van der Waals surface area contributed by atoms with Crippen molar-refractivity contribution in [3.63, 3.8) is 0 Å². The van der Waals surface area contributed by atoms with Crippen LogP contribution >= 0.6 is 0 Å². The van der Waals surface area contributed by atoms with Crippen LogP contribution in [0, 0.1) is 12.8 Å². The highest BCUT2D eigenvalue weighted by atomic mass is 16.2. The van der Waals surface area contributed by atoms with Crippen molar-refractivity contribution in [2.24, 2.45) is 5.92 Å². The zero-order chi connectivity index (χ0) is 19.7. The van der Waals surface area contributed by atoms with E-state index in [1.807, 2.05) is 73.7 Å². The quantitative estimate of drug-likeness (QED) is 0.643. The molecule has 28 heavy (non-hydrogen) atoms. The van der Waals surface area contributed by atoms with Gasteiger partial charge in [0.1, 0.15) is 5.92 Å². The van der Waals surface area contributed by atoms with Gasteiger partial charge in [-0.1, -0.05) is 66.7 Å². The number of nitrogens with one attached hydrogen (secondary N) is 3. The van der Waals surface area contributed by atoms with Crippen molar-refractivity contribution in [1.82, 2.24) is 10.6 Å². The number of aryl methyl sites for hydroxylation is 1. The molecule has 0 spiro atoms. The van der Waals surface area contributed by atoms with Crippen molar-refractivity contribution in [1.29, 1.82) is 0 Å². The van der Waals surface area contributed by atoms with E-state index < -0.39 is 12.0 Å². The fourth-order valence-electron chi connectivity index (χ4n) is 3.63. The van der Waals surface area contributed by atoms with Crippen LogP contribution in [-0.4, -0.2) is 11.9 Å². The van der Waals surface area contributed by atoms with Gasteiger partial charge < -0.3 is 16.0 Å². The SMILES string of the molecule is C=C1NC(=O)N[C@H](c2cccc3ccccc23)[C@H]1C(=O)Nc1ccc(C)cc1. The molecule has 3 amide bonds. The lowest BCUT2D eigenvalue weighted by Gasteiger charge is -2.34. The van der Waals surface area contributed by atoms with E-state index >= 15 is 0 Å². The third-order valence-electron chi connectivity index (χ3n) is 5.03. The van der Waals surface area contributed by atoms with Crippen LogP contribution in [0.3, 0.4) is 0 Å². The normalized spacial score (nSPS) is 19.0. The molecule has 3 N–H and O–H groups in total. The lowest BCUT2D eigenvalue weighted by Crippen LogP contribution is -2.51. The molecule has 0 radical (unpaired) electrons. The van der Waals surface area contributed by atoms with Crippen LogP contribution in [0.4, 0.5) is 10.5 Å². The Morgan fingerprint density at radius 3 is 2.50 bits per heavy atom. The summed E-state index contributed by atoms with van der Waals surface area (Å²) in [7, 11) is 0. The number of rotatable bonds is 3. The minimum absolute atomic E-state index is 0.223. The Kier molecular flexibility index (Phi) is 4.57. The lowest BCUT2D eigenvalue weighted by atomic mass is 9.86. The standard InChI is InChI=1S/C23H21N3O2/c1-14-10-12-17(13-11-14)25-22(27)20-15(2)24-23(28)26-21(20)19-9-5-7-16-6-3-4-8-18(16)19/h3-13,20-21H,2H2,1H3,(H,25,27)(H2,24,26,28)/t20-,21+/m0/s1. The topological polar surface area (TPSA) is 70.2 Å². The zero-order valence-corrected chi connectivity index (χ0v) is 15.5. The molecule has 2 atom stereocenters. The van der Waals surface area contributed by atoms with Crippen molar-refractivity contribution in [2.45, 2.75) is 13.0 Å². The molecule has 3 aromatic carbocycles. The first-order chi connectivity index (χ1) is 13.5. The highest BCUT2D eigenvalue weighted by Gasteiger charge is 2.38. The second kappa shape index (κ2) is 7.19. The van der Waals surface area contributed by atoms with Crippen LogP contribution in [0.1, 0.15) is 17.2 Å². The Bertz CT molecular complexity index is 1070. The maximum atomic E-state index is 13.1. The number of urea groups is 1. The molecule has 4 rings (SSSR count). The lowest BCUT2D eigenvalue weighted by molar-refractivity contribution is -0.119. The first-order valence-corrected chi connectivity index (χ1v) is 9.14. The molecule has 0 saturated carbocycles. The first kappa shape index (κ1) is 17.8. The van der Waals surface area contributed by atoms with Crippen molar-refractivity contribution < 1.29 is 9.59 Å². The van der Waals surface area contributed by atoms with Gasteiger partial charge in [0.05, 0.1) is 6.04 Å². The number of amides is 3. The second-order valence-electron chi connectivity index (χ2n) is 7.00. The van der Waals surface area contributed by atoms with Gasteiger partial charge in [-0.15, -0.1) is 0 Å². The summed E-state index contributed by atoms with van der Waals surface area (Å²) in [5.74, 6) is -0.871. The predicted octanol–water partition coefficient (Wildman–Crippen LogP) is 4.27. The van der Waals surface area contributed by atoms with Crippen LogP contribution in [-0.2, 0) is 4.79 Å². The summed E-state index contributed by atoms with van der Waals surface area (Å²) >= 11 is 0. The monoisotopic (exact) mass is 371 g/mol. The minimum atomic E-state index is -0.648. The van der Waals surface area contributed by atoms with Gasteiger partial charge in [0.2, 0.25) is 5.91 Å². The largest absolute Gasteiger partial charge is 0.330 e. The molecule has 5 nitrogen and oxygen atoms in total. The summed E-state index contributed by atoms with van der Waals surface area (Å²) in [6.07, 6.45) is 0. The van der Waals surface area contributed by atoms with Gasteiger partial charge in [0, 0.05) is 11.4 Å². The van der Waals surface area contributed by atoms with Gasteiger partial charge >= 0.3 is 6.03 Å². The molecular formula is C23H21N3O2. The van der Waals surface area contributed by atoms with Gasteiger partial charge in [-0.3, -0.25) is 4.79 Å². The van der Waals surface area contributed by atoms with Crippen molar-refractivity contribution >= 4 is 28.4 Å². The van der Waals surface area contributed by atoms with E-state index in [9.17, 15) is 9.59 Å². The third-order valence-corrected chi connectivity index (χ3v) is 5.03. The Morgan fingerprint density at radius 2 is 1.71 bits per heavy atom. The summed E-state index contributed by atoms with van der Waals surface area (Å²) in [4.78, 5) is 25.3. The number of benzene rings is 3. The Morgan fingerprint density at radius 1 is 1.00 bits per heavy atom. The molecule has 0 unspecified atom stereocenters. The number of carbonyl (C=O) groups is 2. The number of carbonyl (C=O) groups excluding carboxylic acids is 2. The maximum Gasteiger partial charge on any atom is 0.319 e. The summed E-state index contributed by atoms with van der Waals surface area (Å²) in [5.41, 5.74) is 3.09. The molecule has 1 heterocycles. The third kappa shape index (κ3) is 3.34. The molecule has 1 fully saturated rings. The fraction of sp³-hybridized carbons (Fsp3) is 0.130. The van der Waals surface area contributed by atoms with Gasteiger partial charge in [0.15, 0.2) is 0 Å². The zero-order valence-electron chi connectivity index (χ0n) is 15.5. The van der Waals surface area contributed by atoms with E-state index in [4.69, 9.17) is 0 Å². The minimum Gasteiger partial charge on any atom is -0.330 e. The molecule has 1 aliphatic rings. The van der Waals surface area contributed by atoms with E-state index in [-0.39, 0.29) is 11.9 Å². The molecule has 3 aromatic rings. The Balaban J connectivity index is 1.72. The predicted molar refractivity (Wildman–Crippen MR) is 111 cm³/mol. The highest BCUT2D eigenvalue weighted by molar-refractivity contribution is 5.98. The Labute approximate surface area is 163 Å². The van der Waals surface area contributed by atoms with Crippen LogP contribution in [0.5, 0.6) is 0 Å². The van der Waals surface area contributed by atoms with Gasteiger partial charge in [-0.2, -0.15) is 0 Å². The Hall–Kier alpha value is -3.60. The van der Waals surface area contributed by atoms with Gasteiger partial charge in [-0.05, 0) is 35.4 Å². The average molecular weight is 371 g/mol. The summed E-state index contributed by atoms with van der Waals surface area (Å²) in [6, 6.07) is 20.5. The number of anilines is 1. The second-order valence-corrected chi connectivity index (χ2v) is 7.00. The van der Waals surface area contributed by atoms with Crippen molar-refractivity contribution in [3.05, 3.63) is 90.1 Å². The molecule has 140 valence electrons. The van der Waals surface area contributed by atoms with Crippen molar-refractivity contribution in [3.8, 4) is 0 Å². The van der Waals surface area contributed by atoms with Crippen LogP contribution < -0.4 is 16.0 Å². The molecular weight excluding hydrogens is 350 g/mol. The summed E-state index contributed by atoms with van der Waals surface area (Å²) < 4.78 is 0. The van der Waals surface area contributed by atoms with E-state index in [2.05, 4.69) is 22.5 Å². The van der Waals surface area contributed by atoms with Gasteiger partial charge in [0.25, 0.3) is 0 Å².